The summed E-state index contributed by atoms with van der Waals surface area (Å²) >= 11 is 0. The Morgan fingerprint density at radius 1 is 1.00 bits per heavy atom. The third kappa shape index (κ3) is 10.5. The number of aromatic nitrogens is 2. The lowest BCUT2D eigenvalue weighted by Gasteiger charge is -2.19. The fourth-order valence-corrected chi connectivity index (χ4v) is 4.60. The summed E-state index contributed by atoms with van der Waals surface area (Å²) < 4.78 is 55.6. The van der Waals surface area contributed by atoms with Gasteiger partial charge in [0.15, 0.2) is 5.82 Å². The molecule has 0 atom stereocenters. The summed E-state index contributed by atoms with van der Waals surface area (Å²) in [6.45, 7) is 5.52. The van der Waals surface area contributed by atoms with E-state index in [0.717, 1.165) is 17.5 Å². The lowest BCUT2D eigenvalue weighted by molar-refractivity contribution is -0.757. The fourth-order valence-electron chi connectivity index (χ4n) is 3.59. The van der Waals surface area contributed by atoms with E-state index in [1.54, 1.807) is 37.4 Å². The van der Waals surface area contributed by atoms with Gasteiger partial charge in [0, 0.05) is 13.5 Å². The average Bonchev–Trinajstić information content (AvgIpc) is 2.96. The van der Waals surface area contributed by atoms with Crippen molar-refractivity contribution in [3.05, 3.63) is 76.1 Å². The standard InChI is InChI=1S/C28H34N4O11S/c1-28(2,3)21-9-11-23(12-10-21)44(36,37)31-25-24(43-22-8-5-7-20(17-22)18-38-4)26(30-19-29-25)39-15-16-41-27(33)40-13-6-14-42-32(34)35/h5,7-12,17,19H,6,13-16,18H2,1-4H3,(H,29,30,31). The van der Waals surface area contributed by atoms with E-state index in [-0.39, 0.29) is 60.6 Å². The third-order valence-corrected chi connectivity index (χ3v) is 7.06. The predicted molar refractivity (Wildman–Crippen MR) is 156 cm³/mol. The van der Waals surface area contributed by atoms with Crippen molar-refractivity contribution < 1.29 is 46.8 Å². The molecule has 0 fully saturated rings. The van der Waals surface area contributed by atoms with E-state index in [1.807, 2.05) is 26.8 Å². The normalized spacial score (nSPS) is 11.4. The van der Waals surface area contributed by atoms with Crippen LogP contribution in [-0.4, -0.2) is 63.2 Å². The van der Waals surface area contributed by atoms with Crippen molar-refractivity contribution in [2.45, 2.75) is 44.1 Å². The topological polar surface area (TPSA) is 188 Å². The zero-order valence-electron chi connectivity index (χ0n) is 24.7. The highest BCUT2D eigenvalue weighted by molar-refractivity contribution is 7.92. The van der Waals surface area contributed by atoms with Crippen molar-refractivity contribution >= 4 is 22.0 Å². The number of nitrogens with zero attached hydrogens (tertiary/aromatic N) is 3. The quantitative estimate of drug-likeness (QED) is 0.0994. The maximum absolute atomic E-state index is 13.3. The molecule has 0 aliphatic heterocycles. The van der Waals surface area contributed by atoms with Crippen LogP contribution in [0.3, 0.4) is 0 Å². The summed E-state index contributed by atoms with van der Waals surface area (Å²) in [5, 5.41) is 9.18. The van der Waals surface area contributed by atoms with Gasteiger partial charge in [0.1, 0.15) is 25.3 Å². The molecule has 0 spiro atoms. The maximum atomic E-state index is 13.3. The van der Waals surface area contributed by atoms with Gasteiger partial charge < -0.3 is 28.5 Å². The second-order valence-electron chi connectivity index (χ2n) is 10.1. The van der Waals surface area contributed by atoms with Gasteiger partial charge in [0.2, 0.25) is 5.75 Å². The summed E-state index contributed by atoms with van der Waals surface area (Å²) in [5.41, 5.74) is 1.59. The number of carbonyl (C=O) groups excluding carboxylic acids is 1. The monoisotopic (exact) mass is 634 g/mol. The first-order chi connectivity index (χ1) is 20.9. The minimum atomic E-state index is -4.11. The average molecular weight is 635 g/mol. The largest absolute Gasteiger partial charge is 0.508 e. The Morgan fingerprint density at radius 3 is 2.41 bits per heavy atom. The summed E-state index contributed by atoms with van der Waals surface area (Å²) in [6, 6.07) is 13.4. The number of hydrogen-bond acceptors (Lipinski definition) is 13. The number of methoxy groups -OCH3 is 1. The van der Waals surface area contributed by atoms with Crippen molar-refractivity contribution in [3.8, 4) is 17.4 Å². The molecule has 44 heavy (non-hydrogen) atoms. The number of carbonyl (C=O) groups is 1. The van der Waals surface area contributed by atoms with Gasteiger partial charge in [-0.15, -0.1) is 10.1 Å². The van der Waals surface area contributed by atoms with Crippen molar-refractivity contribution in [2.75, 3.05) is 38.3 Å². The molecule has 15 nitrogen and oxygen atoms in total. The molecule has 3 rings (SSSR count). The highest BCUT2D eigenvalue weighted by atomic mass is 32.2. The second-order valence-corrected chi connectivity index (χ2v) is 11.8. The summed E-state index contributed by atoms with van der Waals surface area (Å²) in [6.07, 6.45) is 0.167. The molecule has 0 radical (unpaired) electrons. The molecule has 0 bridgehead atoms. The number of sulfonamides is 1. The van der Waals surface area contributed by atoms with Crippen molar-refractivity contribution in [3.63, 3.8) is 0 Å². The first-order valence-corrected chi connectivity index (χ1v) is 14.8. The van der Waals surface area contributed by atoms with Gasteiger partial charge in [-0.2, -0.15) is 4.98 Å². The molecule has 0 aliphatic rings. The molecule has 2 aromatic carbocycles. The van der Waals surface area contributed by atoms with E-state index in [0.29, 0.717) is 12.4 Å². The van der Waals surface area contributed by atoms with Crippen LogP contribution in [0.5, 0.6) is 17.4 Å². The zero-order chi connectivity index (χ0) is 32.2. The second kappa shape index (κ2) is 15.7. The minimum absolute atomic E-state index is 0.0106. The van der Waals surface area contributed by atoms with Crippen LogP contribution in [0.2, 0.25) is 0 Å². The van der Waals surface area contributed by atoms with Crippen LogP contribution in [0.15, 0.2) is 59.8 Å². The Labute approximate surface area is 254 Å². The molecule has 3 aromatic rings. The van der Waals surface area contributed by atoms with E-state index in [4.69, 9.17) is 23.7 Å². The first kappa shape index (κ1) is 33.8. The van der Waals surface area contributed by atoms with Crippen LogP contribution in [0.4, 0.5) is 10.6 Å². The predicted octanol–water partition coefficient (Wildman–Crippen LogP) is 4.64. The van der Waals surface area contributed by atoms with Crippen LogP contribution >= 0.6 is 0 Å². The third-order valence-electron chi connectivity index (χ3n) is 5.71. The number of nitrogens with one attached hydrogen (secondary N) is 1. The van der Waals surface area contributed by atoms with Crippen LogP contribution in [0.25, 0.3) is 0 Å². The summed E-state index contributed by atoms with van der Waals surface area (Å²) in [5.74, 6) is -0.128. The van der Waals surface area contributed by atoms with E-state index in [2.05, 4.69) is 19.5 Å². The van der Waals surface area contributed by atoms with Gasteiger partial charge in [-0.25, -0.2) is 18.2 Å². The molecule has 1 aromatic heterocycles. The highest BCUT2D eigenvalue weighted by Gasteiger charge is 2.23. The van der Waals surface area contributed by atoms with Gasteiger partial charge in [-0.3, -0.25) is 4.72 Å². The molecule has 1 N–H and O–H groups in total. The highest BCUT2D eigenvalue weighted by Crippen LogP contribution is 2.37. The van der Waals surface area contributed by atoms with E-state index >= 15 is 0 Å². The van der Waals surface area contributed by atoms with Crippen molar-refractivity contribution in [2.24, 2.45) is 0 Å². The van der Waals surface area contributed by atoms with Crippen LogP contribution in [0.1, 0.15) is 38.3 Å². The smallest absolute Gasteiger partial charge is 0.471 e. The first-order valence-electron chi connectivity index (χ1n) is 13.3. The Kier molecular flexibility index (Phi) is 12.0. The molecular formula is C28H34N4O11S. The van der Waals surface area contributed by atoms with E-state index < -0.39 is 21.3 Å². The molecular weight excluding hydrogens is 600 g/mol. The minimum Gasteiger partial charge on any atom is -0.471 e. The van der Waals surface area contributed by atoms with Gasteiger partial charge in [-0.1, -0.05) is 45.0 Å². The zero-order valence-corrected chi connectivity index (χ0v) is 25.5. The number of anilines is 1. The molecule has 1 heterocycles. The van der Waals surface area contributed by atoms with E-state index in [1.165, 1.54) is 12.1 Å². The fraction of sp³-hybridized carbons (Fsp3) is 0.393. The number of hydrogen-bond donors (Lipinski definition) is 1. The van der Waals surface area contributed by atoms with Crippen LogP contribution in [-0.2, 0) is 41.1 Å². The number of rotatable bonds is 16. The van der Waals surface area contributed by atoms with Gasteiger partial charge in [-0.05, 0) is 40.8 Å². The number of ether oxygens (including phenoxy) is 5. The molecule has 16 heteroatoms. The summed E-state index contributed by atoms with van der Waals surface area (Å²) in [4.78, 5) is 34.2. The lowest BCUT2D eigenvalue weighted by atomic mass is 9.87. The van der Waals surface area contributed by atoms with Gasteiger partial charge in [0.05, 0.1) is 24.7 Å². The molecule has 0 aliphatic carbocycles. The Hall–Kier alpha value is -4.70. The van der Waals surface area contributed by atoms with Crippen LogP contribution < -0.4 is 14.2 Å². The number of benzene rings is 2. The molecule has 0 amide bonds. The van der Waals surface area contributed by atoms with E-state index in [9.17, 15) is 23.3 Å². The summed E-state index contributed by atoms with van der Waals surface area (Å²) in [7, 11) is -2.56. The lowest BCUT2D eigenvalue weighted by Crippen LogP contribution is -2.17. The molecule has 0 unspecified atom stereocenters. The molecule has 0 saturated heterocycles. The van der Waals surface area contributed by atoms with Gasteiger partial charge in [0.25, 0.3) is 21.0 Å². The van der Waals surface area contributed by atoms with Crippen molar-refractivity contribution in [1.29, 1.82) is 0 Å². The van der Waals surface area contributed by atoms with Gasteiger partial charge >= 0.3 is 6.16 Å². The van der Waals surface area contributed by atoms with Crippen LogP contribution in [0, 0.1) is 10.1 Å². The SMILES string of the molecule is COCc1cccc(Oc2c(NS(=O)(=O)c3ccc(C(C)(C)C)cc3)ncnc2OCCOC(=O)OCCCO[N+](=O)[O-])c1. The molecule has 0 saturated carbocycles. The Bertz CT molecular complexity index is 1510. The maximum Gasteiger partial charge on any atom is 0.508 e. The molecule has 238 valence electrons. The Balaban J connectivity index is 1.76. The Morgan fingerprint density at radius 2 is 1.73 bits per heavy atom. The van der Waals surface area contributed by atoms with Crippen molar-refractivity contribution in [1.82, 2.24) is 9.97 Å².